The molecule has 0 fully saturated rings. The predicted octanol–water partition coefficient (Wildman–Crippen LogP) is 1.43. The molecule has 0 spiro atoms. The van der Waals surface area contributed by atoms with Crippen molar-refractivity contribution in [3.8, 4) is 0 Å². The minimum Gasteiger partial charge on any atom is -0.348 e. The maximum atomic E-state index is 11.6. The van der Waals surface area contributed by atoms with Crippen molar-refractivity contribution in [2.24, 2.45) is 11.5 Å². The second-order valence-corrected chi connectivity index (χ2v) is 5.98. The van der Waals surface area contributed by atoms with E-state index >= 15 is 0 Å². The summed E-state index contributed by atoms with van der Waals surface area (Å²) in [5.74, 6) is -1.04. The number of rotatable bonds is 15. The van der Waals surface area contributed by atoms with Gasteiger partial charge >= 0.3 is 11.8 Å². The maximum absolute atomic E-state index is 11.6. The summed E-state index contributed by atoms with van der Waals surface area (Å²) in [6, 6.07) is 0. The van der Waals surface area contributed by atoms with Gasteiger partial charge in [-0.05, 0) is 38.8 Å². The number of hydrogen-bond donors (Lipinski definition) is 4. The molecule has 0 radical (unpaired) electrons. The zero-order chi connectivity index (χ0) is 17.2. The van der Waals surface area contributed by atoms with Gasteiger partial charge in [0.25, 0.3) is 0 Å². The van der Waals surface area contributed by atoms with E-state index in [2.05, 4.69) is 10.6 Å². The third kappa shape index (κ3) is 15.5. The van der Waals surface area contributed by atoms with Gasteiger partial charge in [0.15, 0.2) is 0 Å². The van der Waals surface area contributed by atoms with Crippen molar-refractivity contribution >= 4 is 11.8 Å². The number of unbranched alkanes of at least 4 members (excludes halogenated alkanes) is 9. The summed E-state index contributed by atoms with van der Waals surface area (Å²) in [5, 5.41) is 5.33. The van der Waals surface area contributed by atoms with Gasteiger partial charge in [0, 0.05) is 13.1 Å². The van der Waals surface area contributed by atoms with E-state index in [0.29, 0.717) is 13.1 Å². The Hall–Kier alpha value is -1.14. The molecule has 136 valence electrons. The van der Waals surface area contributed by atoms with Gasteiger partial charge < -0.3 is 22.1 Å². The van der Waals surface area contributed by atoms with Crippen molar-refractivity contribution in [2.75, 3.05) is 26.2 Å². The molecule has 0 rings (SSSR count). The van der Waals surface area contributed by atoms with Crippen LogP contribution in [0.2, 0.25) is 0 Å². The molecule has 0 bridgehead atoms. The van der Waals surface area contributed by atoms with E-state index in [-0.39, 0.29) is 0 Å². The molecule has 23 heavy (non-hydrogen) atoms. The Balaban J connectivity index is 3.37. The molecule has 0 aliphatic heterocycles. The van der Waals surface area contributed by atoms with Crippen molar-refractivity contribution in [1.82, 2.24) is 10.6 Å². The van der Waals surface area contributed by atoms with E-state index in [4.69, 9.17) is 11.5 Å². The molecule has 0 saturated heterocycles. The van der Waals surface area contributed by atoms with Crippen LogP contribution in [0.3, 0.4) is 0 Å². The fourth-order valence-electron chi connectivity index (χ4n) is 2.34. The lowest BCUT2D eigenvalue weighted by molar-refractivity contribution is -0.139. The fourth-order valence-corrected chi connectivity index (χ4v) is 2.34. The molecule has 0 aromatic rings. The largest absolute Gasteiger partial charge is 0.348 e. The van der Waals surface area contributed by atoms with Gasteiger partial charge in [-0.25, -0.2) is 0 Å². The number of nitrogens with two attached hydrogens (primary N) is 2. The quantitative estimate of drug-likeness (QED) is 0.269. The van der Waals surface area contributed by atoms with Crippen LogP contribution in [0, 0.1) is 0 Å². The highest BCUT2D eigenvalue weighted by Gasteiger charge is 2.11. The summed E-state index contributed by atoms with van der Waals surface area (Å²) in [5.41, 5.74) is 10.9. The Kier molecular flexibility index (Phi) is 16.4. The summed E-state index contributed by atoms with van der Waals surface area (Å²) in [4.78, 5) is 23.1. The van der Waals surface area contributed by atoms with Crippen molar-refractivity contribution in [3.63, 3.8) is 0 Å². The Morgan fingerprint density at radius 3 is 1.17 bits per heavy atom. The van der Waals surface area contributed by atoms with Crippen LogP contribution >= 0.6 is 0 Å². The first-order chi connectivity index (χ1) is 11.2. The molecule has 0 heterocycles. The van der Waals surface area contributed by atoms with Gasteiger partial charge in [0.1, 0.15) is 0 Å². The van der Waals surface area contributed by atoms with Gasteiger partial charge in [-0.3, -0.25) is 9.59 Å². The van der Waals surface area contributed by atoms with Crippen LogP contribution in [-0.2, 0) is 9.59 Å². The third-order valence-electron chi connectivity index (χ3n) is 3.79. The lowest BCUT2D eigenvalue weighted by Gasteiger charge is -2.06. The molecule has 0 unspecified atom stereocenters. The van der Waals surface area contributed by atoms with Gasteiger partial charge in [-0.1, -0.05) is 44.9 Å². The Labute approximate surface area is 141 Å². The van der Waals surface area contributed by atoms with Crippen LogP contribution in [0.4, 0.5) is 0 Å². The molecular formula is C17H36N4O2. The lowest BCUT2D eigenvalue weighted by atomic mass is 10.1. The molecule has 0 aliphatic rings. The number of nitrogens with one attached hydrogen (secondary N) is 2. The van der Waals surface area contributed by atoms with Crippen LogP contribution in [0.25, 0.3) is 0 Å². The summed E-state index contributed by atoms with van der Waals surface area (Å²) in [7, 11) is 0. The normalized spacial score (nSPS) is 10.5. The summed E-state index contributed by atoms with van der Waals surface area (Å²) in [6.07, 6.45) is 11.9. The van der Waals surface area contributed by atoms with E-state index in [1.54, 1.807) is 0 Å². The minimum atomic E-state index is -0.519. The van der Waals surface area contributed by atoms with E-state index in [1.807, 2.05) is 0 Å². The zero-order valence-electron chi connectivity index (χ0n) is 14.6. The van der Waals surface area contributed by atoms with Gasteiger partial charge in [-0.15, -0.1) is 0 Å². The SMILES string of the molecule is NCCCCCCCCNC(=O)C(=O)NCCCCCCCN. The molecule has 2 amide bonds. The maximum Gasteiger partial charge on any atom is 0.309 e. The predicted molar refractivity (Wildman–Crippen MR) is 94.9 cm³/mol. The standard InChI is InChI=1S/C17H36N4O2/c18-12-8-4-1-2-6-10-14-20-16(22)17(23)21-15-11-7-3-5-9-13-19/h1-15,18-19H2,(H,20,22)(H,21,23). The zero-order valence-corrected chi connectivity index (χ0v) is 14.6. The highest BCUT2D eigenvalue weighted by Crippen LogP contribution is 2.04. The number of carbonyl (C=O) groups excluding carboxylic acids is 2. The van der Waals surface area contributed by atoms with Crippen molar-refractivity contribution in [2.45, 2.75) is 70.6 Å². The van der Waals surface area contributed by atoms with Crippen LogP contribution in [-0.4, -0.2) is 38.0 Å². The average Bonchev–Trinajstić information content (AvgIpc) is 2.56. The molecule has 6 heteroatoms. The second kappa shape index (κ2) is 17.2. The summed E-state index contributed by atoms with van der Waals surface area (Å²) >= 11 is 0. The van der Waals surface area contributed by atoms with Crippen LogP contribution in [0.15, 0.2) is 0 Å². The topological polar surface area (TPSA) is 110 Å². The molecule has 6 nitrogen and oxygen atoms in total. The van der Waals surface area contributed by atoms with Gasteiger partial charge in [-0.2, -0.15) is 0 Å². The van der Waals surface area contributed by atoms with Gasteiger partial charge in [0.2, 0.25) is 0 Å². The first-order valence-electron chi connectivity index (χ1n) is 9.18. The monoisotopic (exact) mass is 328 g/mol. The second-order valence-electron chi connectivity index (χ2n) is 5.98. The molecule has 0 aliphatic carbocycles. The van der Waals surface area contributed by atoms with E-state index in [1.165, 1.54) is 12.8 Å². The molecule has 0 aromatic carbocycles. The first-order valence-corrected chi connectivity index (χ1v) is 9.18. The Bertz CT molecular complexity index is 298. The fraction of sp³-hybridized carbons (Fsp3) is 0.882. The average molecular weight is 329 g/mol. The van der Waals surface area contributed by atoms with E-state index in [0.717, 1.165) is 70.9 Å². The van der Waals surface area contributed by atoms with Crippen LogP contribution in [0.5, 0.6) is 0 Å². The van der Waals surface area contributed by atoms with Crippen LogP contribution in [0.1, 0.15) is 70.6 Å². The molecule has 0 aromatic heterocycles. The van der Waals surface area contributed by atoms with Crippen molar-refractivity contribution in [1.29, 1.82) is 0 Å². The molecular weight excluding hydrogens is 292 g/mol. The van der Waals surface area contributed by atoms with E-state index < -0.39 is 11.8 Å². The van der Waals surface area contributed by atoms with Gasteiger partial charge in [0.05, 0.1) is 0 Å². The lowest BCUT2D eigenvalue weighted by Crippen LogP contribution is -2.40. The highest BCUT2D eigenvalue weighted by molar-refractivity contribution is 6.35. The van der Waals surface area contributed by atoms with E-state index in [9.17, 15) is 9.59 Å². The summed E-state index contributed by atoms with van der Waals surface area (Å²) in [6.45, 7) is 2.64. The number of carbonyl (C=O) groups is 2. The smallest absolute Gasteiger partial charge is 0.309 e. The summed E-state index contributed by atoms with van der Waals surface area (Å²) < 4.78 is 0. The number of amides is 2. The third-order valence-corrected chi connectivity index (χ3v) is 3.79. The Morgan fingerprint density at radius 1 is 0.522 bits per heavy atom. The van der Waals surface area contributed by atoms with Crippen LogP contribution < -0.4 is 22.1 Å². The van der Waals surface area contributed by atoms with Crippen molar-refractivity contribution < 1.29 is 9.59 Å². The highest BCUT2D eigenvalue weighted by atomic mass is 16.2. The minimum absolute atomic E-state index is 0.517. The molecule has 6 N–H and O–H groups in total. The molecule has 0 atom stereocenters. The van der Waals surface area contributed by atoms with Crippen molar-refractivity contribution in [3.05, 3.63) is 0 Å². The Morgan fingerprint density at radius 2 is 0.826 bits per heavy atom. The molecule has 0 saturated carbocycles. The first kappa shape index (κ1) is 21.9. The number of hydrogen-bond acceptors (Lipinski definition) is 4.